The van der Waals surface area contributed by atoms with Gasteiger partial charge in [0.2, 0.25) is 0 Å². The van der Waals surface area contributed by atoms with Crippen LogP contribution in [0.25, 0.3) is 0 Å². The van der Waals surface area contributed by atoms with Gasteiger partial charge in [0.05, 0.1) is 6.26 Å². The summed E-state index contributed by atoms with van der Waals surface area (Å²) >= 11 is 0. The fourth-order valence-electron chi connectivity index (χ4n) is 1.67. The van der Waals surface area contributed by atoms with E-state index in [9.17, 15) is 0 Å². The van der Waals surface area contributed by atoms with Crippen LogP contribution in [0.3, 0.4) is 0 Å². The molecule has 2 heteroatoms. The number of hydrogen-bond donors (Lipinski definition) is 1. The van der Waals surface area contributed by atoms with Gasteiger partial charge in [-0.2, -0.15) is 0 Å². The lowest BCUT2D eigenvalue weighted by atomic mass is 9.78. The van der Waals surface area contributed by atoms with E-state index in [4.69, 9.17) is 4.42 Å². The van der Waals surface area contributed by atoms with E-state index < -0.39 is 0 Å². The zero-order chi connectivity index (χ0) is 11.3. The van der Waals surface area contributed by atoms with Crippen molar-refractivity contribution in [3.63, 3.8) is 0 Å². The van der Waals surface area contributed by atoms with Crippen molar-refractivity contribution in [2.75, 3.05) is 13.1 Å². The molecule has 0 radical (unpaired) electrons. The standard InChI is InChI=1S/C13H23NO/c1-5-14-10-11(13(2,3)4)9-12-7-6-8-15-12/h6-8,11,14H,5,9-10H2,1-4H3. The van der Waals surface area contributed by atoms with Gasteiger partial charge in [0.1, 0.15) is 5.76 Å². The lowest BCUT2D eigenvalue weighted by Crippen LogP contribution is -2.33. The molecule has 0 aliphatic heterocycles. The molecule has 0 fully saturated rings. The molecule has 1 unspecified atom stereocenters. The maximum Gasteiger partial charge on any atom is 0.104 e. The van der Waals surface area contributed by atoms with Crippen molar-refractivity contribution in [2.45, 2.75) is 34.1 Å². The molecule has 2 nitrogen and oxygen atoms in total. The highest BCUT2D eigenvalue weighted by atomic mass is 16.3. The van der Waals surface area contributed by atoms with E-state index in [0.29, 0.717) is 11.3 Å². The minimum Gasteiger partial charge on any atom is -0.469 e. The first-order chi connectivity index (χ1) is 7.04. The summed E-state index contributed by atoms with van der Waals surface area (Å²) in [6.07, 6.45) is 2.77. The molecule has 0 bridgehead atoms. The van der Waals surface area contributed by atoms with Gasteiger partial charge >= 0.3 is 0 Å². The Labute approximate surface area is 93.1 Å². The van der Waals surface area contributed by atoms with Crippen LogP contribution in [0.15, 0.2) is 22.8 Å². The SMILES string of the molecule is CCNCC(Cc1ccco1)C(C)(C)C. The quantitative estimate of drug-likeness (QED) is 0.806. The van der Waals surface area contributed by atoms with E-state index >= 15 is 0 Å². The van der Waals surface area contributed by atoms with E-state index in [1.807, 2.05) is 6.07 Å². The van der Waals surface area contributed by atoms with Crippen LogP contribution in [0.1, 0.15) is 33.5 Å². The van der Waals surface area contributed by atoms with Crippen molar-refractivity contribution < 1.29 is 4.42 Å². The molecule has 0 saturated heterocycles. The first kappa shape index (κ1) is 12.3. The van der Waals surface area contributed by atoms with Gasteiger partial charge in [0.15, 0.2) is 0 Å². The number of furan rings is 1. The Balaban J connectivity index is 2.57. The molecular weight excluding hydrogens is 186 g/mol. The average Bonchev–Trinajstić information content (AvgIpc) is 2.62. The Morgan fingerprint density at radius 2 is 2.13 bits per heavy atom. The molecule has 0 spiro atoms. The highest BCUT2D eigenvalue weighted by Gasteiger charge is 2.25. The van der Waals surface area contributed by atoms with Gasteiger partial charge in [-0.05, 0) is 36.6 Å². The molecule has 0 aliphatic rings. The maximum absolute atomic E-state index is 5.41. The van der Waals surface area contributed by atoms with E-state index in [1.54, 1.807) is 6.26 Å². The second-order valence-electron chi connectivity index (χ2n) is 5.15. The van der Waals surface area contributed by atoms with Crippen LogP contribution in [-0.4, -0.2) is 13.1 Å². The molecule has 1 atom stereocenters. The molecule has 1 rings (SSSR count). The molecule has 0 aromatic carbocycles. The molecule has 1 heterocycles. The topological polar surface area (TPSA) is 25.2 Å². The van der Waals surface area contributed by atoms with Gasteiger partial charge in [-0.15, -0.1) is 0 Å². The van der Waals surface area contributed by atoms with Crippen LogP contribution in [0.4, 0.5) is 0 Å². The van der Waals surface area contributed by atoms with Crippen molar-refractivity contribution in [3.05, 3.63) is 24.2 Å². The molecule has 0 saturated carbocycles. The average molecular weight is 209 g/mol. The molecular formula is C13H23NO. The minimum absolute atomic E-state index is 0.314. The summed E-state index contributed by atoms with van der Waals surface area (Å²) in [5.74, 6) is 1.71. The van der Waals surface area contributed by atoms with Gasteiger partial charge < -0.3 is 9.73 Å². The summed E-state index contributed by atoms with van der Waals surface area (Å²) in [7, 11) is 0. The lowest BCUT2D eigenvalue weighted by Gasteiger charge is -2.30. The third-order valence-electron chi connectivity index (χ3n) is 2.89. The monoisotopic (exact) mass is 209 g/mol. The Kier molecular flexibility index (Phi) is 4.40. The molecule has 1 aromatic heterocycles. The first-order valence-electron chi connectivity index (χ1n) is 5.77. The summed E-state index contributed by atoms with van der Waals surface area (Å²) in [5, 5.41) is 3.43. The fraction of sp³-hybridized carbons (Fsp3) is 0.692. The van der Waals surface area contributed by atoms with Crippen LogP contribution in [0.5, 0.6) is 0 Å². The molecule has 0 amide bonds. The van der Waals surface area contributed by atoms with Crippen molar-refractivity contribution in [2.24, 2.45) is 11.3 Å². The van der Waals surface area contributed by atoms with E-state index in [0.717, 1.165) is 25.3 Å². The Hall–Kier alpha value is -0.760. The first-order valence-corrected chi connectivity index (χ1v) is 5.77. The van der Waals surface area contributed by atoms with Crippen LogP contribution in [0.2, 0.25) is 0 Å². The number of nitrogens with one attached hydrogen (secondary N) is 1. The highest BCUT2D eigenvalue weighted by molar-refractivity contribution is 5.00. The Bertz CT molecular complexity index is 259. The number of hydrogen-bond acceptors (Lipinski definition) is 2. The molecule has 0 aliphatic carbocycles. The van der Waals surface area contributed by atoms with Gasteiger partial charge in [0, 0.05) is 6.42 Å². The summed E-state index contributed by atoms with van der Waals surface area (Å²) in [4.78, 5) is 0. The van der Waals surface area contributed by atoms with E-state index in [-0.39, 0.29) is 0 Å². The van der Waals surface area contributed by atoms with Gasteiger partial charge in [-0.3, -0.25) is 0 Å². The second-order valence-corrected chi connectivity index (χ2v) is 5.15. The lowest BCUT2D eigenvalue weighted by molar-refractivity contribution is 0.221. The smallest absolute Gasteiger partial charge is 0.104 e. The maximum atomic E-state index is 5.41. The van der Waals surface area contributed by atoms with Crippen molar-refractivity contribution in [3.8, 4) is 0 Å². The molecule has 1 N–H and O–H groups in total. The third-order valence-corrected chi connectivity index (χ3v) is 2.89. The summed E-state index contributed by atoms with van der Waals surface area (Å²) in [5.41, 5.74) is 0.314. The number of rotatable bonds is 5. The van der Waals surface area contributed by atoms with Crippen molar-refractivity contribution >= 4 is 0 Å². The fourth-order valence-corrected chi connectivity index (χ4v) is 1.67. The zero-order valence-electron chi connectivity index (χ0n) is 10.3. The predicted molar refractivity (Wildman–Crippen MR) is 63.9 cm³/mol. The van der Waals surface area contributed by atoms with E-state index in [1.165, 1.54) is 0 Å². The van der Waals surface area contributed by atoms with Crippen LogP contribution < -0.4 is 5.32 Å². The Morgan fingerprint density at radius 3 is 2.60 bits per heavy atom. The molecule has 15 heavy (non-hydrogen) atoms. The minimum atomic E-state index is 0.314. The third kappa shape index (κ3) is 4.08. The summed E-state index contributed by atoms with van der Waals surface area (Å²) < 4.78 is 5.41. The van der Waals surface area contributed by atoms with E-state index in [2.05, 4.69) is 39.1 Å². The van der Waals surface area contributed by atoms with Gasteiger partial charge in [-0.1, -0.05) is 27.7 Å². The second kappa shape index (κ2) is 5.36. The summed E-state index contributed by atoms with van der Waals surface area (Å²) in [6.45, 7) is 11.1. The summed E-state index contributed by atoms with van der Waals surface area (Å²) in [6, 6.07) is 4.02. The highest BCUT2D eigenvalue weighted by Crippen LogP contribution is 2.28. The normalized spacial score (nSPS) is 14.1. The van der Waals surface area contributed by atoms with Crippen molar-refractivity contribution in [1.82, 2.24) is 5.32 Å². The largest absolute Gasteiger partial charge is 0.469 e. The molecule has 1 aromatic rings. The zero-order valence-corrected chi connectivity index (χ0v) is 10.3. The Morgan fingerprint density at radius 1 is 1.40 bits per heavy atom. The van der Waals surface area contributed by atoms with Gasteiger partial charge in [0.25, 0.3) is 0 Å². The predicted octanol–water partition coefficient (Wildman–Crippen LogP) is 3.09. The van der Waals surface area contributed by atoms with Crippen molar-refractivity contribution in [1.29, 1.82) is 0 Å². The van der Waals surface area contributed by atoms with Crippen LogP contribution >= 0.6 is 0 Å². The van der Waals surface area contributed by atoms with Crippen LogP contribution in [0, 0.1) is 11.3 Å². The van der Waals surface area contributed by atoms with Crippen LogP contribution in [-0.2, 0) is 6.42 Å². The molecule has 86 valence electrons. The van der Waals surface area contributed by atoms with Gasteiger partial charge in [-0.25, -0.2) is 0 Å².